The molecule has 5 aliphatic rings. The molecule has 4 bridgehead atoms. The molecule has 0 aromatic heterocycles. The Hall–Kier alpha value is -4.62. The zero-order valence-electron chi connectivity index (χ0n) is 33.1. The lowest BCUT2D eigenvalue weighted by atomic mass is 9.68. The van der Waals surface area contributed by atoms with Crippen molar-refractivity contribution >= 4 is 36.1 Å². The van der Waals surface area contributed by atoms with E-state index < -0.39 is 47.1 Å². The number of ether oxygens (including phenoxy) is 6. The quantitative estimate of drug-likeness (QED) is 0.0802. The lowest BCUT2D eigenvalue weighted by Gasteiger charge is -2.39. The first-order valence-corrected chi connectivity index (χ1v) is 19.4. The highest BCUT2D eigenvalue weighted by Gasteiger charge is 2.68. The summed E-state index contributed by atoms with van der Waals surface area (Å²) >= 11 is 0. The van der Waals surface area contributed by atoms with Gasteiger partial charge in [-0.05, 0) is 99.7 Å². The normalized spacial score (nSPS) is 32.1. The smallest absolute Gasteiger partial charge is 0.407 e. The van der Waals surface area contributed by atoms with Gasteiger partial charge in [-0.1, -0.05) is 40.2 Å². The van der Waals surface area contributed by atoms with E-state index in [0.717, 1.165) is 50.0 Å². The SMILES string of the molecule is C=CC(=O)OCC(C)(COC(=O)C=C)NC(=O)OCC1(C)CC2CC(C1)C1C3CC(C4CC(C)(COC(=O)NC(C)(COC(=O)C=C)COC(=O)C=C)CC43)C21. The number of carbonyl (C=O) groups is 6. The summed E-state index contributed by atoms with van der Waals surface area (Å²) in [6, 6.07) is 0. The van der Waals surface area contributed by atoms with Crippen LogP contribution in [0.2, 0.25) is 0 Å². The standard InChI is InChI=1S/C42H58N2O12/c1-9-31(45)51-21-41(7,22-52-32(46)10-2)43-37(49)55-19-39(5)15-25-13-26(16-39)36-28-14-27(35(25)36)29-17-40(6,18-30(28)29)20-56-38(50)44-42(8,23-53-33(47)11-3)24-54-34(48)12-4/h9-12,25-30,35-36H,1-4,13-24H2,5-8H3,(H,43,49)(H,44,50). The molecule has 0 radical (unpaired) electrons. The molecule has 5 aliphatic carbocycles. The fourth-order valence-corrected chi connectivity index (χ4v) is 11.1. The highest BCUT2D eigenvalue weighted by atomic mass is 16.6. The second kappa shape index (κ2) is 16.9. The van der Waals surface area contributed by atoms with Crippen LogP contribution >= 0.6 is 0 Å². The monoisotopic (exact) mass is 782 g/mol. The van der Waals surface area contributed by atoms with E-state index in [1.54, 1.807) is 13.8 Å². The van der Waals surface area contributed by atoms with Gasteiger partial charge in [0, 0.05) is 35.1 Å². The minimum Gasteiger partial charge on any atom is -0.460 e. The summed E-state index contributed by atoms with van der Waals surface area (Å²) in [5.41, 5.74) is -2.84. The molecule has 0 spiro atoms. The first-order chi connectivity index (χ1) is 26.4. The maximum absolute atomic E-state index is 13.1. The average molecular weight is 783 g/mol. The van der Waals surface area contributed by atoms with Gasteiger partial charge in [-0.15, -0.1) is 0 Å². The first kappa shape index (κ1) is 42.5. The van der Waals surface area contributed by atoms with Crippen molar-refractivity contribution in [2.75, 3.05) is 39.6 Å². The number of esters is 4. The van der Waals surface area contributed by atoms with Gasteiger partial charge < -0.3 is 39.1 Å². The van der Waals surface area contributed by atoms with E-state index in [-0.39, 0.29) is 50.5 Å². The van der Waals surface area contributed by atoms with Gasteiger partial charge in [-0.25, -0.2) is 28.8 Å². The van der Waals surface area contributed by atoms with Crippen molar-refractivity contribution in [3.63, 3.8) is 0 Å². The molecule has 56 heavy (non-hydrogen) atoms. The molecule has 14 heteroatoms. The lowest BCUT2D eigenvalue weighted by molar-refractivity contribution is -0.146. The van der Waals surface area contributed by atoms with E-state index >= 15 is 0 Å². The largest absolute Gasteiger partial charge is 0.460 e. The second-order valence-electron chi connectivity index (χ2n) is 18.0. The number of rotatable bonds is 18. The minimum absolute atomic E-state index is 0.184. The number of carbonyl (C=O) groups excluding carboxylic acids is 6. The van der Waals surface area contributed by atoms with Crippen LogP contribution in [0.1, 0.15) is 66.2 Å². The van der Waals surface area contributed by atoms with Crippen molar-refractivity contribution in [1.29, 1.82) is 0 Å². The van der Waals surface area contributed by atoms with Crippen molar-refractivity contribution in [2.24, 2.45) is 58.2 Å². The third kappa shape index (κ3) is 9.66. The lowest BCUT2D eigenvalue weighted by Crippen LogP contribution is -2.54. The van der Waals surface area contributed by atoms with E-state index in [4.69, 9.17) is 28.4 Å². The Bertz CT molecular complexity index is 1520. The van der Waals surface area contributed by atoms with Crippen molar-refractivity contribution in [2.45, 2.75) is 77.3 Å². The Labute approximate surface area is 329 Å². The van der Waals surface area contributed by atoms with E-state index in [1.807, 2.05) is 0 Å². The highest BCUT2D eigenvalue weighted by molar-refractivity contribution is 5.82. The van der Waals surface area contributed by atoms with Gasteiger partial charge in [0.25, 0.3) is 0 Å². The molecule has 0 heterocycles. The van der Waals surface area contributed by atoms with Crippen molar-refractivity contribution in [3.8, 4) is 0 Å². The number of nitrogens with one attached hydrogen (secondary N) is 2. The number of alkyl carbamates (subject to hydrolysis) is 2. The number of hydrogen-bond acceptors (Lipinski definition) is 12. The molecule has 308 valence electrons. The van der Waals surface area contributed by atoms with E-state index in [1.165, 1.54) is 12.8 Å². The van der Waals surface area contributed by atoms with Crippen molar-refractivity contribution in [3.05, 3.63) is 50.6 Å². The van der Waals surface area contributed by atoms with E-state index in [0.29, 0.717) is 47.3 Å². The van der Waals surface area contributed by atoms with Crippen molar-refractivity contribution < 1.29 is 57.2 Å². The Morgan fingerprint density at radius 1 is 0.536 bits per heavy atom. The molecule has 2 amide bonds. The maximum Gasteiger partial charge on any atom is 0.407 e. The van der Waals surface area contributed by atoms with Gasteiger partial charge in [-0.3, -0.25) is 0 Å². The number of hydrogen-bond donors (Lipinski definition) is 2. The van der Waals surface area contributed by atoms with Crippen LogP contribution in [-0.2, 0) is 47.6 Å². The molecule has 0 aromatic rings. The second-order valence-corrected chi connectivity index (χ2v) is 18.0. The summed E-state index contributed by atoms with van der Waals surface area (Å²) in [5, 5.41) is 5.47. The Balaban J connectivity index is 1.14. The third-order valence-electron chi connectivity index (χ3n) is 13.0. The molecular weight excluding hydrogens is 724 g/mol. The molecule has 0 aromatic carbocycles. The third-order valence-corrected chi connectivity index (χ3v) is 13.0. The predicted octanol–water partition coefficient (Wildman–Crippen LogP) is 5.22. The van der Waals surface area contributed by atoms with Crippen LogP contribution in [0.5, 0.6) is 0 Å². The molecule has 2 N–H and O–H groups in total. The van der Waals surface area contributed by atoms with E-state index in [9.17, 15) is 28.8 Å². The Morgan fingerprint density at radius 2 is 0.857 bits per heavy atom. The van der Waals surface area contributed by atoms with Gasteiger partial charge in [0.05, 0.1) is 13.2 Å². The van der Waals surface area contributed by atoms with Crippen LogP contribution < -0.4 is 10.6 Å². The van der Waals surface area contributed by atoms with Crippen molar-refractivity contribution in [1.82, 2.24) is 10.6 Å². The van der Waals surface area contributed by atoms with Crippen LogP contribution in [0.4, 0.5) is 9.59 Å². The molecule has 0 saturated heterocycles. The Morgan fingerprint density at radius 3 is 1.18 bits per heavy atom. The van der Waals surface area contributed by atoms with Crippen LogP contribution in [0, 0.1) is 58.2 Å². The zero-order valence-corrected chi connectivity index (χ0v) is 33.1. The summed E-state index contributed by atoms with van der Waals surface area (Å²) < 4.78 is 32.3. The maximum atomic E-state index is 13.1. The highest BCUT2D eigenvalue weighted by Crippen LogP contribution is 2.74. The molecule has 0 aliphatic heterocycles. The van der Waals surface area contributed by atoms with Gasteiger partial charge in [0.15, 0.2) is 0 Å². The predicted molar refractivity (Wildman–Crippen MR) is 202 cm³/mol. The topological polar surface area (TPSA) is 182 Å². The first-order valence-electron chi connectivity index (χ1n) is 19.4. The average Bonchev–Trinajstić information content (AvgIpc) is 3.90. The minimum atomic E-state index is -1.23. The Kier molecular flexibility index (Phi) is 12.8. The summed E-state index contributed by atoms with van der Waals surface area (Å²) in [7, 11) is 0. The van der Waals surface area contributed by atoms with Crippen LogP contribution in [0.3, 0.4) is 0 Å². The summed E-state index contributed by atoms with van der Waals surface area (Å²) in [6.45, 7) is 20.6. The van der Waals surface area contributed by atoms with Crippen LogP contribution in [0.15, 0.2) is 50.6 Å². The van der Waals surface area contributed by atoms with Gasteiger partial charge >= 0.3 is 36.1 Å². The molecule has 14 nitrogen and oxygen atoms in total. The fraction of sp³-hybridized carbons (Fsp3) is 0.667. The zero-order chi connectivity index (χ0) is 41.1. The number of fused-ring (bicyclic) bond motifs is 12. The number of amides is 2. The van der Waals surface area contributed by atoms with Crippen LogP contribution in [0.25, 0.3) is 0 Å². The van der Waals surface area contributed by atoms with E-state index in [2.05, 4.69) is 50.8 Å². The molecule has 8 unspecified atom stereocenters. The molecule has 5 fully saturated rings. The van der Waals surface area contributed by atoms with Gasteiger partial charge in [0.1, 0.15) is 37.5 Å². The molecule has 8 atom stereocenters. The van der Waals surface area contributed by atoms with Gasteiger partial charge in [0.2, 0.25) is 0 Å². The molecule has 5 saturated carbocycles. The molecular formula is C42H58N2O12. The van der Waals surface area contributed by atoms with Gasteiger partial charge in [-0.2, -0.15) is 0 Å². The van der Waals surface area contributed by atoms with Crippen LogP contribution in [-0.4, -0.2) is 86.8 Å². The summed E-state index contributed by atoms with van der Waals surface area (Å²) in [6.07, 6.45) is 9.01. The summed E-state index contributed by atoms with van der Waals surface area (Å²) in [5.74, 6) is 2.03. The fourth-order valence-electron chi connectivity index (χ4n) is 11.1. The summed E-state index contributed by atoms with van der Waals surface area (Å²) in [4.78, 5) is 73.1. The molecule has 5 rings (SSSR count).